The highest BCUT2D eigenvalue weighted by Gasteiger charge is 2.19. The standard InChI is InChI=1S/C16H16Br2N2O2/c1-16(2,3)22-20-14(15-12(18)5-4-8-19-15)11-9-10(17)6-7-13(11)21/h4-9,21H,1-3H3/b20-14-. The highest BCUT2D eigenvalue weighted by atomic mass is 79.9. The molecular formula is C16H16Br2N2O2. The van der Waals surface area contributed by atoms with Gasteiger partial charge >= 0.3 is 0 Å². The van der Waals surface area contributed by atoms with E-state index in [-0.39, 0.29) is 5.75 Å². The molecule has 0 aliphatic rings. The molecule has 0 amide bonds. The third kappa shape index (κ3) is 4.30. The Hall–Kier alpha value is -1.40. The Kier molecular flexibility index (Phi) is 5.24. The lowest BCUT2D eigenvalue weighted by molar-refractivity contribution is 0.00111. The third-order valence-corrected chi connectivity index (χ3v) is 3.74. The maximum atomic E-state index is 10.2. The molecule has 0 fully saturated rings. The monoisotopic (exact) mass is 426 g/mol. The Bertz CT molecular complexity index is 710. The fourth-order valence-electron chi connectivity index (χ4n) is 1.66. The number of rotatable bonds is 3. The first-order chi connectivity index (χ1) is 10.3. The fourth-order valence-corrected chi connectivity index (χ4v) is 2.46. The lowest BCUT2D eigenvalue weighted by Gasteiger charge is -2.17. The molecule has 1 aromatic carbocycles. The van der Waals surface area contributed by atoms with E-state index in [0.717, 1.165) is 8.95 Å². The Morgan fingerprint density at radius 1 is 1.23 bits per heavy atom. The normalized spacial score (nSPS) is 12.3. The molecule has 0 unspecified atom stereocenters. The number of benzene rings is 1. The minimum absolute atomic E-state index is 0.108. The van der Waals surface area contributed by atoms with Gasteiger partial charge in [-0.2, -0.15) is 0 Å². The Morgan fingerprint density at radius 3 is 2.59 bits per heavy atom. The molecule has 1 aromatic heterocycles. The number of phenolic OH excluding ortho intramolecular Hbond substituents is 1. The molecule has 2 aromatic rings. The molecule has 2 rings (SSSR count). The number of nitrogens with zero attached hydrogens (tertiary/aromatic N) is 2. The summed E-state index contributed by atoms with van der Waals surface area (Å²) in [6.07, 6.45) is 1.67. The number of aromatic nitrogens is 1. The van der Waals surface area contributed by atoms with E-state index in [2.05, 4.69) is 42.0 Å². The van der Waals surface area contributed by atoms with E-state index in [4.69, 9.17) is 4.84 Å². The number of hydrogen-bond donors (Lipinski definition) is 1. The van der Waals surface area contributed by atoms with Crippen LogP contribution < -0.4 is 0 Å². The van der Waals surface area contributed by atoms with Crippen LogP contribution in [0.2, 0.25) is 0 Å². The minimum atomic E-state index is -0.450. The number of pyridine rings is 1. The van der Waals surface area contributed by atoms with Crippen LogP contribution in [0, 0.1) is 0 Å². The molecular weight excluding hydrogens is 412 g/mol. The van der Waals surface area contributed by atoms with Crippen molar-refractivity contribution in [3.63, 3.8) is 0 Å². The lowest BCUT2D eigenvalue weighted by atomic mass is 10.1. The third-order valence-electron chi connectivity index (χ3n) is 2.61. The van der Waals surface area contributed by atoms with Crippen LogP contribution in [0.3, 0.4) is 0 Å². The summed E-state index contributed by atoms with van der Waals surface area (Å²) < 4.78 is 1.60. The molecule has 0 aliphatic carbocycles. The largest absolute Gasteiger partial charge is 0.507 e. The molecule has 0 aliphatic heterocycles. The van der Waals surface area contributed by atoms with Crippen LogP contribution in [0.4, 0.5) is 0 Å². The van der Waals surface area contributed by atoms with Gasteiger partial charge in [-0.25, -0.2) is 0 Å². The van der Waals surface area contributed by atoms with E-state index in [1.165, 1.54) is 0 Å². The predicted octanol–water partition coefficient (Wildman–Crippen LogP) is 4.88. The average Bonchev–Trinajstić information content (AvgIpc) is 2.43. The van der Waals surface area contributed by atoms with Gasteiger partial charge in [-0.05, 0) is 67.0 Å². The topological polar surface area (TPSA) is 54.7 Å². The molecule has 0 saturated heterocycles. The van der Waals surface area contributed by atoms with Crippen molar-refractivity contribution in [3.8, 4) is 5.75 Å². The van der Waals surface area contributed by atoms with E-state index in [1.54, 1.807) is 24.4 Å². The van der Waals surface area contributed by atoms with E-state index >= 15 is 0 Å². The summed E-state index contributed by atoms with van der Waals surface area (Å²) in [5.74, 6) is 0.108. The van der Waals surface area contributed by atoms with Crippen molar-refractivity contribution >= 4 is 37.6 Å². The van der Waals surface area contributed by atoms with E-state index in [0.29, 0.717) is 17.0 Å². The predicted molar refractivity (Wildman–Crippen MR) is 94.2 cm³/mol. The van der Waals surface area contributed by atoms with Gasteiger partial charge in [0.15, 0.2) is 0 Å². The van der Waals surface area contributed by atoms with Gasteiger partial charge in [0.2, 0.25) is 0 Å². The molecule has 1 N–H and O–H groups in total. The van der Waals surface area contributed by atoms with Crippen molar-refractivity contribution in [2.45, 2.75) is 26.4 Å². The second-order valence-corrected chi connectivity index (χ2v) is 7.41. The fraction of sp³-hybridized carbons (Fsp3) is 0.250. The zero-order valence-electron chi connectivity index (χ0n) is 12.5. The first-order valence-electron chi connectivity index (χ1n) is 6.64. The summed E-state index contributed by atoms with van der Waals surface area (Å²) in [4.78, 5) is 9.89. The minimum Gasteiger partial charge on any atom is -0.507 e. The van der Waals surface area contributed by atoms with Crippen molar-refractivity contribution in [1.29, 1.82) is 0 Å². The molecule has 0 bridgehead atoms. The number of hydrogen-bond acceptors (Lipinski definition) is 4. The lowest BCUT2D eigenvalue weighted by Crippen LogP contribution is -2.18. The first kappa shape index (κ1) is 17.0. The quantitative estimate of drug-likeness (QED) is 0.560. The molecule has 0 atom stereocenters. The summed E-state index contributed by atoms with van der Waals surface area (Å²) in [7, 11) is 0. The van der Waals surface area contributed by atoms with Crippen molar-refractivity contribution in [3.05, 3.63) is 56.7 Å². The summed E-state index contributed by atoms with van der Waals surface area (Å²) in [5, 5.41) is 14.4. The van der Waals surface area contributed by atoms with Crippen LogP contribution in [-0.4, -0.2) is 21.4 Å². The second-order valence-electron chi connectivity index (χ2n) is 5.64. The Balaban J connectivity index is 2.61. The molecule has 116 valence electrons. The maximum Gasteiger partial charge on any atom is 0.140 e. The average molecular weight is 428 g/mol. The summed E-state index contributed by atoms with van der Waals surface area (Å²) in [6.45, 7) is 5.72. The zero-order valence-corrected chi connectivity index (χ0v) is 15.6. The molecule has 6 heteroatoms. The van der Waals surface area contributed by atoms with Gasteiger partial charge in [-0.3, -0.25) is 4.98 Å². The van der Waals surface area contributed by atoms with Gasteiger partial charge in [-0.15, -0.1) is 0 Å². The van der Waals surface area contributed by atoms with Gasteiger partial charge in [0.05, 0.1) is 0 Å². The SMILES string of the molecule is CC(C)(C)O/N=C(/c1cc(Br)ccc1O)c1ncccc1Br. The zero-order chi connectivity index (χ0) is 16.3. The molecule has 1 heterocycles. The van der Waals surface area contributed by atoms with Gasteiger partial charge in [0, 0.05) is 20.7 Å². The maximum absolute atomic E-state index is 10.2. The highest BCUT2D eigenvalue weighted by Crippen LogP contribution is 2.27. The molecule has 22 heavy (non-hydrogen) atoms. The van der Waals surface area contributed by atoms with Crippen LogP contribution in [0.15, 0.2) is 50.6 Å². The van der Waals surface area contributed by atoms with E-state index in [9.17, 15) is 5.11 Å². The Labute approximate surface area is 146 Å². The summed E-state index contributed by atoms with van der Waals surface area (Å²) in [6, 6.07) is 8.82. The van der Waals surface area contributed by atoms with Crippen molar-refractivity contribution in [1.82, 2.24) is 4.98 Å². The second kappa shape index (κ2) is 6.79. The van der Waals surface area contributed by atoms with Gasteiger partial charge in [0.1, 0.15) is 22.8 Å². The van der Waals surface area contributed by atoms with Crippen LogP contribution in [0.1, 0.15) is 32.0 Å². The van der Waals surface area contributed by atoms with E-state index < -0.39 is 5.60 Å². The van der Waals surface area contributed by atoms with Crippen molar-refractivity contribution < 1.29 is 9.94 Å². The molecule has 0 radical (unpaired) electrons. The smallest absolute Gasteiger partial charge is 0.140 e. The molecule has 0 spiro atoms. The van der Waals surface area contributed by atoms with Crippen LogP contribution in [0.25, 0.3) is 0 Å². The summed E-state index contributed by atoms with van der Waals surface area (Å²) >= 11 is 6.87. The molecule has 4 nitrogen and oxygen atoms in total. The molecule has 0 saturated carbocycles. The summed E-state index contributed by atoms with van der Waals surface area (Å²) in [5.41, 5.74) is 1.15. The van der Waals surface area contributed by atoms with Gasteiger partial charge < -0.3 is 9.94 Å². The first-order valence-corrected chi connectivity index (χ1v) is 8.22. The van der Waals surface area contributed by atoms with Crippen molar-refractivity contribution in [2.24, 2.45) is 5.16 Å². The van der Waals surface area contributed by atoms with Crippen LogP contribution in [0.5, 0.6) is 5.75 Å². The number of oxime groups is 1. The Morgan fingerprint density at radius 2 is 1.95 bits per heavy atom. The van der Waals surface area contributed by atoms with Crippen molar-refractivity contribution in [2.75, 3.05) is 0 Å². The van der Waals surface area contributed by atoms with E-state index in [1.807, 2.05) is 32.9 Å². The highest BCUT2D eigenvalue weighted by molar-refractivity contribution is 9.10. The van der Waals surface area contributed by atoms with Crippen LogP contribution >= 0.6 is 31.9 Å². The van der Waals surface area contributed by atoms with Gasteiger partial charge in [-0.1, -0.05) is 21.1 Å². The number of phenols is 1. The number of aromatic hydroxyl groups is 1. The van der Waals surface area contributed by atoms with Crippen LogP contribution in [-0.2, 0) is 4.84 Å². The number of halogens is 2. The van der Waals surface area contributed by atoms with Gasteiger partial charge in [0.25, 0.3) is 0 Å².